The van der Waals surface area contributed by atoms with E-state index in [1.165, 1.54) is 6.20 Å². The van der Waals surface area contributed by atoms with Crippen molar-refractivity contribution >= 4 is 27.5 Å². The highest BCUT2D eigenvalue weighted by molar-refractivity contribution is 9.10. The second-order valence-corrected chi connectivity index (χ2v) is 9.09. The number of hydrogen-bond donors (Lipinski definition) is 1. The third-order valence-electron chi connectivity index (χ3n) is 5.48. The van der Waals surface area contributed by atoms with Crippen LogP contribution in [0.3, 0.4) is 0 Å². The Bertz CT molecular complexity index is 1240. The molecule has 0 aliphatic carbocycles. The van der Waals surface area contributed by atoms with Gasteiger partial charge in [-0.3, -0.25) is 10.3 Å². The van der Waals surface area contributed by atoms with Crippen molar-refractivity contribution in [2.24, 2.45) is 0 Å². The number of aromatic nitrogens is 1. The summed E-state index contributed by atoms with van der Waals surface area (Å²) in [6, 6.07) is 13.1. The zero-order valence-electron chi connectivity index (χ0n) is 18.5. The van der Waals surface area contributed by atoms with Gasteiger partial charge in [0.2, 0.25) is 0 Å². The predicted octanol–water partition coefficient (Wildman–Crippen LogP) is 8.38. The van der Waals surface area contributed by atoms with Gasteiger partial charge in [0.15, 0.2) is 0 Å². The molecule has 0 fully saturated rings. The average molecular weight is 566 g/mol. The van der Waals surface area contributed by atoms with E-state index in [1.807, 2.05) is 24.3 Å². The summed E-state index contributed by atoms with van der Waals surface area (Å²) < 4.78 is 56.5. The summed E-state index contributed by atoms with van der Waals surface area (Å²) in [5.74, 6) is -1.01. The number of alkyl halides is 3. The maximum absolute atomic E-state index is 14.6. The van der Waals surface area contributed by atoms with E-state index < -0.39 is 23.1 Å². The number of halogens is 6. The molecule has 8 heteroatoms. The zero-order chi connectivity index (χ0) is 25.6. The molecule has 3 rings (SSSR count). The molecule has 0 bridgehead atoms. The molecule has 1 aromatic heterocycles. The molecule has 1 heterocycles. The molecule has 0 aliphatic rings. The lowest BCUT2D eigenvalue weighted by molar-refractivity contribution is -0.137. The number of pyridine rings is 1. The zero-order valence-corrected chi connectivity index (χ0v) is 20.9. The van der Waals surface area contributed by atoms with Gasteiger partial charge < -0.3 is 0 Å². The topological polar surface area (TPSA) is 24.9 Å². The first-order chi connectivity index (χ1) is 16.6. The SMILES string of the molecule is C=C/C=C(\C=C)CC(NCc1ccccc1Br)(c1cc(F)cc(C(F)(F)F)c1)c1ccc(Cl)cn1. The van der Waals surface area contributed by atoms with E-state index in [0.29, 0.717) is 22.4 Å². The lowest BCUT2D eigenvalue weighted by atomic mass is 9.79. The van der Waals surface area contributed by atoms with Gasteiger partial charge in [0.1, 0.15) is 5.82 Å². The molecule has 2 nitrogen and oxygen atoms in total. The van der Waals surface area contributed by atoms with Gasteiger partial charge in [-0.05, 0) is 53.1 Å². The Morgan fingerprint density at radius 1 is 1.06 bits per heavy atom. The molecular weight excluding hydrogens is 544 g/mol. The molecule has 0 saturated carbocycles. The first kappa shape index (κ1) is 26.9. The molecule has 1 unspecified atom stereocenters. The minimum Gasteiger partial charge on any atom is -0.298 e. The first-order valence-corrected chi connectivity index (χ1v) is 11.7. The fourth-order valence-corrected chi connectivity index (χ4v) is 4.30. The number of benzene rings is 2. The molecule has 182 valence electrons. The van der Waals surface area contributed by atoms with Crippen molar-refractivity contribution in [3.8, 4) is 0 Å². The molecule has 0 amide bonds. The summed E-state index contributed by atoms with van der Waals surface area (Å²) >= 11 is 9.56. The minimum atomic E-state index is -4.74. The molecule has 0 spiro atoms. The molecular formula is C27H22BrClF4N2. The van der Waals surface area contributed by atoms with Crippen molar-refractivity contribution in [1.29, 1.82) is 0 Å². The van der Waals surface area contributed by atoms with Crippen molar-refractivity contribution in [2.45, 2.75) is 24.7 Å². The van der Waals surface area contributed by atoms with Crippen LogP contribution in [0, 0.1) is 5.82 Å². The summed E-state index contributed by atoms with van der Waals surface area (Å²) in [5, 5.41) is 3.73. The van der Waals surface area contributed by atoms with Crippen LogP contribution in [0.25, 0.3) is 0 Å². The number of allylic oxidation sites excluding steroid dienone is 3. The second-order valence-electron chi connectivity index (χ2n) is 7.80. The molecule has 0 aliphatic heterocycles. The van der Waals surface area contributed by atoms with Crippen molar-refractivity contribution in [3.63, 3.8) is 0 Å². The van der Waals surface area contributed by atoms with Crippen LogP contribution in [0.1, 0.15) is 28.8 Å². The summed E-state index contributed by atoms with van der Waals surface area (Å²) in [5.41, 5.74) is -0.528. The van der Waals surface area contributed by atoms with E-state index in [0.717, 1.165) is 22.2 Å². The highest BCUT2D eigenvalue weighted by Gasteiger charge is 2.39. The number of hydrogen-bond acceptors (Lipinski definition) is 2. The quantitative estimate of drug-likeness (QED) is 0.208. The Morgan fingerprint density at radius 2 is 1.77 bits per heavy atom. The van der Waals surface area contributed by atoms with Crippen LogP contribution in [0.4, 0.5) is 17.6 Å². The molecule has 2 aromatic carbocycles. The maximum atomic E-state index is 14.6. The second kappa shape index (κ2) is 11.3. The summed E-state index contributed by atoms with van der Waals surface area (Å²) in [6.45, 7) is 7.77. The van der Waals surface area contributed by atoms with Gasteiger partial charge in [0, 0.05) is 23.6 Å². The standard InChI is InChI=1S/C27H22BrClF4N2/c1-3-7-18(4-2)15-26(25-11-10-22(29)17-34-25,35-16-19-8-5-6-9-24(19)28)20-12-21(27(31,32)33)14-23(30)13-20/h3-14,17,35H,1-2,15-16H2/b18-7+. The summed E-state index contributed by atoms with van der Waals surface area (Å²) in [7, 11) is 0. The van der Waals surface area contributed by atoms with Crippen LogP contribution >= 0.6 is 27.5 Å². The molecule has 1 N–H and O–H groups in total. The third-order valence-corrected chi connectivity index (χ3v) is 6.48. The van der Waals surface area contributed by atoms with Crippen LogP contribution in [0.15, 0.2) is 102 Å². The van der Waals surface area contributed by atoms with Gasteiger partial charge in [0.25, 0.3) is 0 Å². The third kappa shape index (κ3) is 6.48. The first-order valence-electron chi connectivity index (χ1n) is 10.5. The fraction of sp³-hybridized carbons (Fsp3) is 0.148. The van der Waals surface area contributed by atoms with E-state index in [2.05, 4.69) is 39.4 Å². The van der Waals surface area contributed by atoms with Crippen LogP contribution in [0.2, 0.25) is 5.02 Å². The van der Waals surface area contributed by atoms with Crippen LogP contribution in [0.5, 0.6) is 0 Å². The smallest absolute Gasteiger partial charge is 0.298 e. The van der Waals surface area contributed by atoms with Gasteiger partial charge in [-0.25, -0.2) is 4.39 Å². The van der Waals surface area contributed by atoms with E-state index in [4.69, 9.17) is 11.6 Å². The van der Waals surface area contributed by atoms with E-state index in [1.54, 1.807) is 30.4 Å². The Balaban J connectivity index is 2.30. The Morgan fingerprint density at radius 3 is 2.37 bits per heavy atom. The Hall–Kier alpha value is -2.74. The fourth-order valence-electron chi connectivity index (χ4n) is 3.77. The van der Waals surface area contributed by atoms with Crippen molar-refractivity contribution in [2.75, 3.05) is 0 Å². The summed E-state index contributed by atoms with van der Waals surface area (Å²) in [6.07, 6.45) is 1.61. The lowest BCUT2D eigenvalue weighted by Gasteiger charge is -2.36. The van der Waals surface area contributed by atoms with Crippen LogP contribution in [-0.2, 0) is 18.3 Å². The minimum absolute atomic E-state index is 0.0588. The van der Waals surface area contributed by atoms with E-state index in [-0.39, 0.29) is 18.5 Å². The molecule has 0 saturated heterocycles. The Kier molecular flexibility index (Phi) is 8.70. The summed E-state index contributed by atoms with van der Waals surface area (Å²) in [4.78, 5) is 4.43. The Labute approximate surface area is 215 Å². The van der Waals surface area contributed by atoms with Gasteiger partial charge in [0.05, 0.1) is 21.8 Å². The van der Waals surface area contributed by atoms with Gasteiger partial charge >= 0.3 is 6.18 Å². The number of rotatable bonds is 9. The normalized spacial score (nSPS) is 13.8. The maximum Gasteiger partial charge on any atom is 0.416 e. The van der Waals surface area contributed by atoms with Crippen LogP contribution < -0.4 is 5.32 Å². The van der Waals surface area contributed by atoms with Crippen LogP contribution in [-0.4, -0.2) is 4.98 Å². The molecule has 35 heavy (non-hydrogen) atoms. The highest BCUT2D eigenvalue weighted by Crippen LogP contribution is 2.40. The van der Waals surface area contributed by atoms with Crippen molar-refractivity contribution in [3.05, 3.63) is 135 Å². The lowest BCUT2D eigenvalue weighted by Crippen LogP contribution is -2.44. The molecule has 0 radical (unpaired) electrons. The highest BCUT2D eigenvalue weighted by atomic mass is 79.9. The number of nitrogens with one attached hydrogen (secondary N) is 1. The average Bonchev–Trinajstić information content (AvgIpc) is 2.81. The van der Waals surface area contributed by atoms with Crippen molar-refractivity contribution in [1.82, 2.24) is 10.3 Å². The monoisotopic (exact) mass is 564 g/mol. The van der Waals surface area contributed by atoms with Gasteiger partial charge in [-0.15, -0.1) is 0 Å². The van der Waals surface area contributed by atoms with E-state index in [9.17, 15) is 17.6 Å². The van der Waals surface area contributed by atoms with Crippen molar-refractivity contribution < 1.29 is 17.6 Å². The number of nitrogens with zero attached hydrogens (tertiary/aromatic N) is 1. The molecule has 1 atom stereocenters. The van der Waals surface area contributed by atoms with E-state index >= 15 is 0 Å². The molecule has 3 aromatic rings. The predicted molar refractivity (Wildman–Crippen MR) is 136 cm³/mol. The van der Waals surface area contributed by atoms with Gasteiger partial charge in [-0.1, -0.05) is 77.1 Å². The largest absolute Gasteiger partial charge is 0.416 e. The van der Waals surface area contributed by atoms with Gasteiger partial charge in [-0.2, -0.15) is 13.2 Å².